The summed E-state index contributed by atoms with van der Waals surface area (Å²) in [6, 6.07) is 5.17. The van der Waals surface area contributed by atoms with Gasteiger partial charge < -0.3 is 10.8 Å². The summed E-state index contributed by atoms with van der Waals surface area (Å²) in [6.07, 6.45) is -0.122. The molecule has 0 heterocycles. The normalized spacial score (nSPS) is 12.8. The maximum atomic E-state index is 11.9. The van der Waals surface area contributed by atoms with Crippen molar-refractivity contribution in [3.8, 4) is 0 Å². The van der Waals surface area contributed by atoms with Gasteiger partial charge in [-0.25, -0.2) is 13.1 Å². The number of rotatable bonds is 7. The van der Waals surface area contributed by atoms with Crippen LogP contribution in [0.2, 0.25) is 0 Å². The van der Waals surface area contributed by atoms with Crippen molar-refractivity contribution >= 4 is 21.9 Å². The Morgan fingerprint density at radius 3 is 2.30 bits per heavy atom. The van der Waals surface area contributed by atoms with Crippen molar-refractivity contribution in [2.24, 2.45) is 11.7 Å². The molecule has 4 N–H and O–H groups in total. The molecule has 0 aromatic heterocycles. The first-order valence-electron chi connectivity index (χ1n) is 5.83. The second-order valence-corrected chi connectivity index (χ2v) is 6.21. The van der Waals surface area contributed by atoms with Gasteiger partial charge in [-0.15, -0.1) is 0 Å². The second kappa shape index (κ2) is 6.49. The fraction of sp³-hybridized carbons (Fsp3) is 0.333. The minimum atomic E-state index is -3.73. The van der Waals surface area contributed by atoms with Crippen LogP contribution in [0.5, 0.6) is 0 Å². The molecule has 1 aromatic rings. The Bertz CT molecular complexity index is 595. The number of amides is 1. The summed E-state index contributed by atoms with van der Waals surface area (Å²) in [5, 5.41) is 8.59. The van der Waals surface area contributed by atoms with E-state index < -0.39 is 21.9 Å². The zero-order chi connectivity index (χ0) is 15.3. The predicted molar refractivity (Wildman–Crippen MR) is 71.6 cm³/mol. The Balaban J connectivity index is 2.73. The molecule has 0 aliphatic rings. The highest BCUT2D eigenvalue weighted by Gasteiger charge is 2.16. The Kier molecular flexibility index (Phi) is 5.23. The van der Waals surface area contributed by atoms with Crippen LogP contribution in [0.1, 0.15) is 23.7 Å². The monoisotopic (exact) mass is 300 g/mol. The number of carboxylic acid groups (broad SMARTS) is 1. The summed E-state index contributed by atoms with van der Waals surface area (Å²) in [6.45, 7) is 1.65. The highest BCUT2D eigenvalue weighted by Crippen LogP contribution is 2.11. The molecular weight excluding hydrogens is 284 g/mol. The number of nitrogens with one attached hydrogen (secondary N) is 1. The lowest BCUT2D eigenvalue weighted by Gasteiger charge is -2.11. The first-order chi connectivity index (χ1) is 9.22. The molecule has 0 saturated carbocycles. The van der Waals surface area contributed by atoms with E-state index in [9.17, 15) is 18.0 Å². The number of sulfonamides is 1. The van der Waals surface area contributed by atoms with Crippen molar-refractivity contribution in [3.63, 3.8) is 0 Å². The van der Waals surface area contributed by atoms with Gasteiger partial charge in [0.15, 0.2) is 0 Å². The molecule has 0 radical (unpaired) electrons. The minimum absolute atomic E-state index is 0.00924. The first-order valence-corrected chi connectivity index (χ1v) is 7.32. The number of aliphatic carboxylic acids is 1. The molecule has 0 saturated heterocycles. The molecule has 20 heavy (non-hydrogen) atoms. The molecule has 110 valence electrons. The van der Waals surface area contributed by atoms with Crippen LogP contribution in [0.3, 0.4) is 0 Å². The standard InChI is InChI=1S/C12H16N2O5S/c1-8(6-11(15)16)7-14-20(18,19)10-4-2-9(3-5-10)12(13)17/h2-5,8,14H,6-7H2,1H3,(H2,13,17)(H,15,16). The summed E-state index contributed by atoms with van der Waals surface area (Å²) in [7, 11) is -3.73. The van der Waals surface area contributed by atoms with Crippen LogP contribution in [0.4, 0.5) is 0 Å². The fourth-order valence-corrected chi connectivity index (χ4v) is 2.67. The Hall–Kier alpha value is -1.93. The van der Waals surface area contributed by atoms with E-state index in [-0.39, 0.29) is 29.3 Å². The molecule has 7 nitrogen and oxygen atoms in total. The number of primary amides is 1. The van der Waals surface area contributed by atoms with Crippen LogP contribution in [0, 0.1) is 5.92 Å². The van der Waals surface area contributed by atoms with E-state index in [1.807, 2.05) is 0 Å². The fourth-order valence-electron chi connectivity index (χ4n) is 1.50. The average molecular weight is 300 g/mol. The highest BCUT2D eigenvalue weighted by atomic mass is 32.2. The lowest BCUT2D eigenvalue weighted by atomic mass is 10.1. The van der Waals surface area contributed by atoms with Gasteiger partial charge in [-0.3, -0.25) is 9.59 Å². The number of benzene rings is 1. The third-order valence-electron chi connectivity index (χ3n) is 2.59. The minimum Gasteiger partial charge on any atom is -0.481 e. The SMILES string of the molecule is CC(CNS(=O)(=O)c1ccc(C(N)=O)cc1)CC(=O)O. The lowest BCUT2D eigenvalue weighted by molar-refractivity contribution is -0.137. The summed E-state index contributed by atoms with van der Waals surface area (Å²) >= 11 is 0. The van der Waals surface area contributed by atoms with E-state index in [2.05, 4.69) is 4.72 Å². The maximum absolute atomic E-state index is 11.9. The van der Waals surface area contributed by atoms with Gasteiger partial charge in [0.25, 0.3) is 0 Å². The van der Waals surface area contributed by atoms with Gasteiger partial charge in [0.05, 0.1) is 4.90 Å². The Labute approximate surface area is 116 Å². The first kappa shape index (κ1) is 16.1. The van der Waals surface area contributed by atoms with E-state index in [0.717, 1.165) is 0 Å². The molecule has 8 heteroatoms. The molecule has 0 fully saturated rings. The van der Waals surface area contributed by atoms with Crippen LogP contribution in [0.25, 0.3) is 0 Å². The highest BCUT2D eigenvalue weighted by molar-refractivity contribution is 7.89. The van der Waals surface area contributed by atoms with Gasteiger partial charge in [-0.2, -0.15) is 0 Å². The summed E-state index contributed by atoms with van der Waals surface area (Å²) < 4.78 is 26.2. The van der Waals surface area contributed by atoms with E-state index in [1.54, 1.807) is 6.92 Å². The van der Waals surface area contributed by atoms with Gasteiger partial charge in [-0.05, 0) is 30.2 Å². The van der Waals surface area contributed by atoms with Crippen molar-refractivity contribution in [2.45, 2.75) is 18.2 Å². The number of carbonyl (C=O) groups is 2. The zero-order valence-corrected chi connectivity index (χ0v) is 11.7. The predicted octanol–water partition coefficient (Wildman–Crippen LogP) is 0.175. The molecular formula is C12H16N2O5S. The van der Waals surface area contributed by atoms with Gasteiger partial charge in [0, 0.05) is 18.5 Å². The van der Waals surface area contributed by atoms with Crippen molar-refractivity contribution < 1.29 is 23.1 Å². The molecule has 1 rings (SSSR count). The average Bonchev–Trinajstić information content (AvgIpc) is 2.36. The van der Waals surface area contributed by atoms with Crippen LogP contribution in [-0.2, 0) is 14.8 Å². The third kappa shape index (κ3) is 4.63. The Morgan fingerprint density at radius 2 is 1.85 bits per heavy atom. The second-order valence-electron chi connectivity index (χ2n) is 4.44. The molecule has 0 bridgehead atoms. The van der Waals surface area contributed by atoms with Gasteiger partial charge in [0.1, 0.15) is 0 Å². The van der Waals surface area contributed by atoms with Crippen LogP contribution in [-0.4, -0.2) is 31.9 Å². The number of nitrogens with two attached hydrogens (primary N) is 1. The smallest absolute Gasteiger partial charge is 0.303 e. The van der Waals surface area contributed by atoms with Gasteiger partial charge in [-0.1, -0.05) is 6.92 Å². The van der Waals surface area contributed by atoms with E-state index in [0.29, 0.717) is 0 Å². The van der Waals surface area contributed by atoms with Crippen LogP contribution in [0.15, 0.2) is 29.2 Å². The van der Waals surface area contributed by atoms with Crippen molar-refractivity contribution in [2.75, 3.05) is 6.54 Å². The molecule has 1 amide bonds. The number of hydrogen-bond donors (Lipinski definition) is 3. The summed E-state index contributed by atoms with van der Waals surface area (Å²) in [5.74, 6) is -1.95. The number of hydrogen-bond acceptors (Lipinski definition) is 4. The lowest BCUT2D eigenvalue weighted by Crippen LogP contribution is -2.29. The maximum Gasteiger partial charge on any atom is 0.303 e. The molecule has 0 aliphatic carbocycles. The zero-order valence-electron chi connectivity index (χ0n) is 10.9. The number of carbonyl (C=O) groups excluding carboxylic acids is 1. The van der Waals surface area contributed by atoms with Crippen molar-refractivity contribution in [1.82, 2.24) is 4.72 Å². The molecule has 0 spiro atoms. The van der Waals surface area contributed by atoms with E-state index in [4.69, 9.17) is 10.8 Å². The summed E-state index contributed by atoms with van der Waals surface area (Å²) in [4.78, 5) is 21.4. The van der Waals surface area contributed by atoms with Crippen molar-refractivity contribution in [3.05, 3.63) is 29.8 Å². The van der Waals surface area contributed by atoms with E-state index in [1.165, 1.54) is 24.3 Å². The Morgan fingerprint density at radius 1 is 1.30 bits per heavy atom. The number of carboxylic acids is 1. The van der Waals surface area contributed by atoms with Gasteiger partial charge in [0.2, 0.25) is 15.9 Å². The molecule has 1 atom stereocenters. The molecule has 1 unspecified atom stereocenters. The quantitative estimate of drug-likeness (QED) is 0.661. The largest absolute Gasteiger partial charge is 0.481 e. The van der Waals surface area contributed by atoms with Gasteiger partial charge >= 0.3 is 5.97 Å². The van der Waals surface area contributed by atoms with Crippen LogP contribution < -0.4 is 10.5 Å². The summed E-state index contributed by atoms with van der Waals surface area (Å²) in [5.41, 5.74) is 5.27. The molecule has 1 aromatic carbocycles. The topological polar surface area (TPSA) is 127 Å². The van der Waals surface area contributed by atoms with Crippen LogP contribution >= 0.6 is 0 Å². The van der Waals surface area contributed by atoms with E-state index >= 15 is 0 Å². The van der Waals surface area contributed by atoms with Crippen molar-refractivity contribution in [1.29, 1.82) is 0 Å². The third-order valence-corrected chi connectivity index (χ3v) is 4.03. The molecule has 0 aliphatic heterocycles.